The first-order valence-electron chi connectivity index (χ1n) is 4.71. The minimum Gasteiger partial charge on any atom is -0.492 e. The molecule has 2 nitrogen and oxygen atoms in total. The Hall–Kier alpha value is -1.16. The molecule has 0 aliphatic rings. The lowest BCUT2D eigenvalue weighted by Gasteiger charge is -2.23. The molecular weight excluding hydrogens is 200 g/mol. The second-order valence-electron chi connectivity index (χ2n) is 4.00. The molecule has 0 fully saturated rings. The standard InChI is InChI=1S/C11H15F2NO/c1-11(2,14-3)7-15-8-4-5-9(12)10(13)6-8/h4-6,14H,7H2,1-3H3. The molecule has 1 aromatic rings. The fraction of sp³-hybridized carbons (Fsp3) is 0.455. The molecule has 4 heteroatoms. The summed E-state index contributed by atoms with van der Waals surface area (Å²) in [5, 5.41) is 3.04. The van der Waals surface area contributed by atoms with Gasteiger partial charge in [-0.05, 0) is 33.0 Å². The molecule has 15 heavy (non-hydrogen) atoms. The minimum atomic E-state index is -0.894. The Labute approximate surface area is 88.3 Å². The summed E-state index contributed by atoms with van der Waals surface area (Å²) in [6.45, 7) is 4.29. The van der Waals surface area contributed by atoms with Crippen molar-refractivity contribution in [3.8, 4) is 5.75 Å². The van der Waals surface area contributed by atoms with E-state index in [0.29, 0.717) is 12.4 Å². The van der Waals surface area contributed by atoms with E-state index in [1.165, 1.54) is 6.07 Å². The maximum Gasteiger partial charge on any atom is 0.162 e. The number of hydrogen-bond donors (Lipinski definition) is 1. The summed E-state index contributed by atoms with van der Waals surface area (Å²) < 4.78 is 30.7. The van der Waals surface area contributed by atoms with Crippen molar-refractivity contribution in [2.45, 2.75) is 19.4 Å². The molecule has 0 radical (unpaired) electrons. The summed E-state index contributed by atoms with van der Waals surface area (Å²) >= 11 is 0. The summed E-state index contributed by atoms with van der Waals surface area (Å²) in [6.07, 6.45) is 0. The maximum absolute atomic E-state index is 12.8. The van der Waals surface area contributed by atoms with Crippen LogP contribution in [-0.2, 0) is 0 Å². The van der Waals surface area contributed by atoms with E-state index in [9.17, 15) is 8.78 Å². The molecule has 0 saturated heterocycles. The van der Waals surface area contributed by atoms with Crippen LogP contribution in [0.5, 0.6) is 5.75 Å². The quantitative estimate of drug-likeness (QED) is 0.832. The third-order valence-electron chi connectivity index (χ3n) is 2.17. The average molecular weight is 215 g/mol. The van der Waals surface area contributed by atoms with Crippen LogP contribution in [0.3, 0.4) is 0 Å². The normalized spacial score (nSPS) is 11.5. The van der Waals surface area contributed by atoms with Crippen LogP contribution in [-0.4, -0.2) is 19.2 Å². The van der Waals surface area contributed by atoms with Crippen LogP contribution in [0.15, 0.2) is 18.2 Å². The van der Waals surface area contributed by atoms with Crippen LogP contribution in [0.2, 0.25) is 0 Å². The first-order valence-corrected chi connectivity index (χ1v) is 4.71. The number of likely N-dealkylation sites (N-methyl/N-ethyl adjacent to an activating group) is 1. The van der Waals surface area contributed by atoms with E-state index >= 15 is 0 Å². The summed E-state index contributed by atoms with van der Waals surface area (Å²) in [5.74, 6) is -1.43. The van der Waals surface area contributed by atoms with E-state index in [1.54, 1.807) is 0 Å². The predicted octanol–water partition coefficient (Wildman–Crippen LogP) is 2.34. The van der Waals surface area contributed by atoms with E-state index < -0.39 is 11.6 Å². The molecular formula is C11H15F2NO. The molecule has 1 aromatic carbocycles. The monoisotopic (exact) mass is 215 g/mol. The van der Waals surface area contributed by atoms with E-state index in [2.05, 4.69) is 5.32 Å². The van der Waals surface area contributed by atoms with Gasteiger partial charge in [0.1, 0.15) is 12.4 Å². The molecule has 84 valence electrons. The molecule has 0 spiro atoms. The number of rotatable bonds is 4. The molecule has 0 bridgehead atoms. The molecule has 0 heterocycles. The van der Waals surface area contributed by atoms with Gasteiger partial charge in [-0.25, -0.2) is 8.78 Å². The van der Waals surface area contributed by atoms with Crippen LogP contribution in [0, 0.1) is 11.6 Å². The Balaban J connectivity index is 2.62. The van der Waals surface area contributed by atoms with Gasteiger partial charge in [0.2, 0.25) is 0 Å². The number of halogens is 2. The molecule has 0 atom stereocenters. The van der Waals surface area contributed by atoms with Crippen LogP contribution >= 0.6 is 0 Å². The van der Waals surface area contributed by atoms with Crippen molar-refractivity contribution in [3.63, 3.8) is 0 Å². The Morgan fingerprint density at radius 2 is 1.93 bits per heavy atom. The molecule has 1 rings (SSSR count). The van der Waals surface area contributed by atoms with Gasteiger partial charge in [-0.2, -0.15) is 0 Å². The van der Waals surface area contributed by atoms with E-state index in [1.807, 2.05) is 20.9 Å². The SMILES string of the molecule is CNC(C)(C)COc1ccc(F)c(F)c1. The van der Waals surface area contributed by atoms with E-state index in [-0.39, 0.29) is 5.54 Å². The molecule has 0 aliphatic carbocycles. The zero-order chi connectivity index (χ0) is 11.5. The first kappa shape index (κ1) is 11.9. The van der Waals surface area contributed by atoms with Gasteiger partial charge in [0, 0.05) is 11.6 Å². The lowest BCUT2D eigenvalue weighted by atomic mass is 10.1. The number of benzene rings is 1. The third kappa shape index (κ3) is 3.47. The molecule has 1 N–H and O–H groups in total. The second-order valence-corrected chi connectivity index (χ2v) is 4.00. The van der Waals surface area contributed by atoms with Gasteiger partial charge in [0.15, 0.2) is 11.6 Å². The van der Waals surface area contributed by atoms with E-state index in [0.717, 1.165) is 12.1 Å². The Kier molecular flexibility index (Phi) is 3.63. The molecule has 0 unspecified atom stereocenters. The highest BCUT2D eigenvalue weighted by Crippen LogP contribution is 2.16. The third-order valence-corrected chi connectivity index (χ3v) is 2.17. The fourth-order valence-electron chi connectivity index (χ4n) is 0.903. The van der Waals surface area contributed by atoms with Gasteiger partial charge in [-0.3, -0.25) is 0 Å². The van der Waals surface area contributed by atoms with Gasteiger partial charge < -0.3 is 10.1 Å². The minimum absolute atomic E-state index is 0.204. The van der Waals surface area contributed by atoms with Crippen molar-refractivity contribution >= 4 is 0 Å². The number of ether oxygens (including phenoxy) is 1. The smallest absolute Gasteiger partial charge is 0.162 e. The topological polar surface area (TPSA) is 21.3 Å². The Bertz CT molecular complexity index is 339. The highest BCUT2D eigenvalue weighted by Gasteiger charge is 2.15. The van der Waals surface area contributed by atoms with Gasteiger partial charge in [0.25, 0.3) is 0 Å². The lowest BCUT2D eigenvalue weighted by Crippen LogP contribution is -2.42. The maximum atomic E-state index is 12.8. The van der Waals surface area contributed by atoms with E-state index in [4.69, 9.17) is 4.74 Å². The van der Waals surface area contributed by atoms with Crippen molar-refractivity contribution in [3.05, 3.63) is 29.8 Å². The van der Waals surface area contributed by atoms with Crippen molar-refractivity contribution in [1.29, 1.82) is 0 Å². The van der Waals surface area contributed by atoms with Gasteiger partial charge >= 0.3 is 0 Å². The summed E-state index contributed by atoms with van der Waals surface area (Å²) in [4.78, 5) is 0. The zero-order valence-electron chi connectivity index (χ0n) is 9.10. The van der Waals surface area contributed by atoms with Crippen LogP contribution in [0.4, 0.5) is 8.78 Å². The number of nitrogens with one attached hydrogen (secondary N) is 1. The van der Waals surface area contributed by atoms with Crippen molar-refractivity contribution < 1.29 is 13.5 Å². The fourth-order valence-corrected chi connectivity index (χ4v) is 0.903. The Morgan fingerprint density at radius 3 is 2.47 bits per heavy atom. The summed E-state index contributed by atoms with van der Waals surface area (Å²) in [5.41, 5.74) is -0.204. The highest BCUT2D eigenvalue weighted by atomic mass is 19.2. The molecule has 0 aromatic heterocycles. The molecule has 0 amide bonds. The van der Waals surface area contributed by atoms with Crippen LogP contribution in [0.25, 0.3) is 0 Å². The molecule has 0 saturated carbocycles. The largest absolute Gasteiger partial charge is 0.492 e. The first-order chi connectivity index (χ1) is 6.94. The number of hydrogen-bond acceptors (Lipinski definition) is 2. The summed E-state index contributed by atoms with van der Waals surface area (Å²) in [7, 11) is 1.81. The van der Waals surface area contributed by atoms with Gasteiger partial charge in [-0.15, -0.1) is 0 Å². The van der Waals surface area contributed by atoms with Crippen LogP contribution in [0.1, 0.15) is 13.8 Å². The van der Waals surface area contributed by atoms with Gasteiger partial charge in [-0.1, -0.05) is 0 Å². The van der Waals surface area contributed by atoms with Crippen molar-refractivity contribution in [2.24, 2.45) is 0 Å². The molecule has 0 aliphatic heterocycles. The predicted molar refractivity (Wildman–Crippen MR) is 55.0 cm³/mol. The van der Waals surface area contributed by atoms with Crippen molar-refractivity contribution in [2.75, 3.05) is 13.7 Å². The average Bonchev–Trinajstić information content (AvgIpc) is 2.20. The lowest BCUT2D eigenvalue weighted by molar-refractivity contribution is 0.216. The Morgan fingerprint density at radius 1 is 1.27 bits per heavy atom. The van der Waals surface area contributed by atoms with Crippen LogP contribution < -0.4 is 10.1 Å². The van der Waals surface area contributed by atoms with Crippen molar-refractivity contribution in [1.82, 2.24) is 5.32 Å². The summed E-state index contributed by atoms with van der Waals surface area (Å²) in [6, 6.07) is 3.50. The van der Waals surface area contributed by atoms with Gasteiger partial charge in [0.05, 0.1) is 0 Å². The zero-order valence-corrected chi connectivity index (χ0v) is 9.10. The highest BCUT2D eigenvalue weighted by molar-refractivity contribution is 5.23. The second kappa shape index (κ2) is 4.57.